The highest BCUT2D eigenvalue weighted by Gasteiger charge is 2.03. The van der Waals surface area contributed by atoms with E-state index in [0.717, 1.165) is 22.4 Å². The fraction of sp³-hybridized carbons (Fsp3) is 0.182. The predicted octanol–water partition coefficient (Wildman–Crippen LogP) is 3.08. The van der Waals surface area contributed by atoms with Crippen molar-refractivity contribution in [2.45, 2.75) is 12.3 Å². The molecule has 72 valence electrons. The Balaban J connectivity index is 2.46. The standard InChI is InChI=1S/C11H11BrN2/c1-9-7-10(8-12)13-14(9)11-5-3-2-4-6-11/h2-7H,8H2,1H3. The molecule has 2 rings (SSSR count). The van der Waals surface area contributed by atoms with Crippen LogP contribution in [0.4, 0.5) is 0 Å². The molecule has 2 nitrogen and oxygen atoms in total. The Hall–Kier alpha value is -1.09. The summed E-state index contributed by atoms with van der Waals surface area (Å²) in [5, 5.41) is 5.27. The first-order chi connectivity index (χ1) is 6.81. The van der Waals surface area contributed by atoms with E-state index < -0.39 is 0 Å². The van der Waals surface area contributed by atoms with E-state index in [0.29, 0.717) is 0 Å². The Kier molecular flexibility index (Phi) is 2.68. The summed E-state index contributed by atoms with van der Waals surface area (Å²) < 4.78 is 1.95. The van der Waals surface area contributed by atoms with Crippen molar-refractivity contribution >= 4 is 15.9 Å². The molecule has 0 unspecified atom stereocenters. The molecule has 0 amide bonds. The first kappa shape index (κ1) is 9.46. The summed E-state index contributed by atoms with van der Waals surface area (Å²) >= 11 is 3.40. The lowest BCUT2D eigenvalue weighted by Crippen LogP contribution is -1.98. The van der Waals surface area contributed by atoms with Gasteiger partial charge in [0.2, 0.25) is 0 Å². The molecule has 1 heterocycles. The van der Waals surface area contributed by atoms with Gasteiger partial charge in [0.05, 0.1) is 11.4 Å². The Bertz CT molecular complexity index is 420. The minimum absolute atomic E-state index is 0.799. The molecule has 0 aliphatic carbocycles. The van der Waals surface area contributed by atoms with Crippen LogP contribution in [0.1, 0.15) is 11.4 Å². The summed E-state index contributed by atoms with van der Waals surface area (Å²) in [6, 6.07) is 12.2. The number of hydrogen-bond acceptors (Lipinski definition) is 1. The van der Waals surface area contributed by atoms with Crippen molar-refractivity contribution in [3.63, 3.8) is 0 Å². The van der Waals surface area contributed by atoms with Gasteiger partial charge >= 0.3 is 0 Å². The smallest absolute Gasteiger partial charge is 0.0737 e. The number of hydrogen-bond donors (Lipinski definition) is 0. The summed E-state index contributed by atoms with van der Waals surface area (Å²) in [7, 11) is 0. The van der Waals surface area contributed by atoms with Crippen LogP contribution in [0.2, 0.25) is 0 Å². The summed E-state index contributed by atoms with van der Waals surface area (Å²) in [5.74, 6) is 0. The molecule has 0 saturated heterocycles. The number of aromatic nitrogens is 2. The number of nitrogens with zero attached hydrogens (tertiary/aromatic N) is 2. The van der Waals surface area contributed by atoms with E-state index in [-0.39, 0.29) is 0 Å². The van der Waals surface area contributed by atoms with Gasteiger partial charge in [-0.15, -0.1) is 0 Å². The third kappa shape index (κ3) is 1.73. The third-order valence-corrected chi connectivity index (χ3v) is 2.65. The van der Waals surface area contributed by atoms with Gasteiger partial charge < -0.3 is 0 Å². The first-order valence-corrected chi connectivity index (χ1v) is 5.60. The van der Waals surface area contributed by atoms with Crippen molar-refractivity contribution < 1.29 is 0 Å². The van der Waals surface area contributed by atoms with E-state index in [2.05, 4.69) is 46.2 Å². The number of halogens is 1. The molecular formula is C11H11BrN2. The number of benzene rings is 1. The van der Waals surface area contributed by atoms with Crippen LogP contribution in [-0.4, -0.2) is 9.78 Å². The molecule has 14 heavy (non-hydrogen) atoms. The minimum atomic E-state index is 0.799. The Morgan fingerprint density at radius 1 is 1.29 bits per heavy atom. The molecule has 2 aromatic rings. The minimum Gasteiger partial charge on any atom is -0.238 e. The maximum atomic E-state index is 4.47. The lowest BCUT2D eigenvalue weighted by molar-refractivity contribution is 0.832. The Morgan fingerprint density at radius 2 is 2.00 bits per heavy atom. The Morgan fingerprint density at radius 3 is 2.57 bits per heavy atom. The van der Waals surface area contributed by atoms with Gasteiger partial charge in [-0.3, -0.25) is 0 Å². The molecule has 0 N–H and O–H groups in total. The van der Waals surface area contributed by atoms with Crippen LogP contribution in [0.5, 0.6) is 0 Å². The van der Waals surface area contributed by atoms with Crippen LogP contribution in [-0.2, 0) is 5.33 Å². The summed E-state index contributed by atoms with van der Waals surface area (Å²) in [4.78, 5) is 0. The second kappa shape index (κ2) is 3.96. The topological polar surface area (TPSA) is 17.8 Å². The molecule has 0 aliphatic heterocycles. The molecule has 3 heteroatoms. The molecule has 1 aromatic heterocycles. The fourth-order valence-electron chi connectivity index (χ4n) is 1.43. The van der Waals surface area contributed by atoms with Gasteiger partial charge in [-0.05, 0) is 25.1 Å². The van der Waals surface area contributed by atoms with Gasteiger partial charge in [0.15, 0.2) is 0 Å². The molecule has 0 saturated carbocycles. The fourth-order valence-corrected chi connectivity index (χ4v) is 1.71. The van der Waals surface area contributed by atoms with Crippen molar-refractivity contribution in [2.75, 3.05) is 0 Å². The molecule has 1 aromatic carbocycles. The molecule has 0 fully saturated rings. The van der Waals surface area contributed by atoms with Gasteiger partial charge in [0.25, 0.3) is 0 Å². The zero-order valence-corrected chi connectivity index (χ0v) is 9.53. The third-order valence-electron chi connectivity index (χ3n) is 2.08. The van der Waals surface area contributed by atoms with Crippen LogP contribution in [0.3, 0.4) is 0 Å². The van der Waals surface area contributed by atoms with E-state index in [1.165, 1.54) is 0 Å². The molecule has 0 bridgehead atoms. The van der Waals surface area contributed by atoms with Crippen LogP contribution in [0.15, 0.2) is 36.4 Å². The Labute approximate surface area is 91.7 Å². The largest absolute Gasteiger partial charge is 0.238 e. The second-order valence-corrected chi connectivity index (χ2v) is 3.72. The summed E-state index contributed by atoms with van der Waals surface area (Å²) in [5.41, 5.74) is 3.33. The number of para-hydroxylation sites is 1. The molecule has 0 spiro atoms. The second-order valence-electron chi connectivity index (χ2n) is 3.16. The highest BCUT2D eigenvalue weighted by molar-refractivity contribution is 9.08. The molecule has 0 aliphatic rings. The number of rotatable bonds is 2. The number of aryl methyl sites for hydroxylation is 1. The van der Waals surface area contributed by atoms with Crippen molar-refractivity contribution in [1.29, 1.82) is 0 Å². The highest BCUT2D eigenvalue weighted by Crippen LogP contribution is 2.12. The first-order valence-electron chi connectivity index (χ1n) is 4.48. The summed E-state index contributed by atoms with van der Waals surface area (Å²) in [6.45, 7) is 2.06. The monoisotopic (exact) mass is 250 g/mol. The average Bonchev–Trinajstić information content (AvgIpc) is 2.61. The lowest BCUT2D eigenvalue weighted by atomic mass is 10.3. The van der Waals surface area contributed by atoms with Crippen LogP contribution < -0.4 is 0 Å². The van der Waals surface area contributed by atoms with Crippen molar-refractivity contribution in [3.05, 3.63) is 47.8 Å². The predicted molar refractivity (Wildman–Crippen MR) is 60.9 cm³/mol. The normalized spacial score (nSPS) is 10.4. The average molecular weight is 251 g/mol. The number of alkyl halides is 1. The molecule has 0 radical (unpaired) electrons. The highest BCUT2D eigenvalue weighted by atomic mass is 79.9. The van der Waals surface area contributed by atoms with E-state index in [1.54, 1.807) is 0 Å². The van der Waals surface area contributed by atoms with Gasteiger partial charge in [-0.1, -0.05) is 34.1 Å². The maximum absolute atomic E-state index is 4.47. The van der Waals surface area contributed by atoms with Crippen LogP contribution in [0.25, 0.3) is 5.69 Å². The SMILES string of the molecule is Cc1cc(CBr)nn1-c1ccccc1. The van der Waals surface area contributed by atoms with Crippen molar-refractivity contribution in [1.82, 2.24) is 9.78 Å². The van der Waals surface area contributed by atoms with Gasteiger partial charge in [-0.25, -0.2) is 4.68 Å². The zero-order valence-electron chi connectivity index (χ0n) is 7.94. The maximum Gasteiger partial charge on any atom is 0.0737 e. The summed E-state index contributed by atoms with van der Waals surface area (Å²) in [6.07, 6.45) is 0. The van der Waals surface area contributed by atoms with Gasteiger partial charge in [-0.2, -0.15) is 5.10 Å². The van der Waals surface area contributed by atoms with Crippen LogP contribution in [0, 0.1) is 6.92 Å². The van der Waals surface area contributed by atoms with Crippen LogP contribution >= 0.6 is 15.9 Å². The quantitative estimate of drug-likeness (QED) is 0.750. The lowest BCUT2D eigenvalue weighted by Gasteiger charge is -2.02. The molecule has 0 atom stereocenters. The van der Waals surface area contributed by atoms with E-state index >= 15 is 0 Å². The van der Waals surface area contributed by atoms with E-state index in [1.807, 2.05) is 22.9 Å². The van der Waals surface area contributed by atoms with Gasteiger partial charge in [0, 0.05) is 11.0 Å². The molecular weight excluding hydrogens is 240 g/mol. The van der Waals surface area contributed by atoms with E-state index in [4.69, 9.17) is 0 Å². The van der Waals surface area contributed by atoms with Gasteiger partial charge in [0.1, 0.15) is 0 Å². The van der Waals surface area contributed by atoms with Crippen molar-refractivity contribution in [3.8, 4) is 5.69 Å². The van der Waals surface area contributed by atoms with Crippen molar-refractivity contribution in [2.24, 2.45) is 0 Å². The zero-order chi connectivity index (χ0) is 9.97. The van der Waals surface area contributed by atoms with E-state index in [9.17, 15) is 0 Å².